The predicted octanol–water partition coefficient (Wildman–Crippen LogP) is 7.34. The van der Waals surface area contributed by atoms with Crippen molar-refractivity contribution in [2.75, 3.05) is 19.0 Å². The molecule has 0 spiro atoms. The number of anilines is 1. The Morgan fingerprint density at radius 3 is 1.77 bits per heavy atom. The third-order valence-corrected chi connectivity index (χ3v) is 6.48. The molecule has 0 aliphatic rings. The van der Waals surface area contributed by atoms with Crippen LogP contribution in [0.3, 0.4) is 0 Å². The Kier molecular flexibility index (Phi) is 3.69. The van der Waals surface area contributed by atoms with Gasteiger partial charge in [-0.05, 0) is 67.0 Å². The van der Waals surface area contributed by atoms with Crippen molar-refractivity contribution < 1.29 is 0 Å². The zero-order valence-corrected chi connectivity index (χ0v) is 17.5. The topological polar surface area (TPSA) is 27.0 Å². The van der Waals surface area contributed by atoms with E-state index >= 15 is 0 Å². The maximum Gasteiger partial charge on any atom is 0.0998 e. The Morgan fingerprint density at radius 2 is 1.13 bits per heavy atom. The van der Waals surface area contributed by atoms with Gasteiger partial charge in [0.2, 0.25) is 0 Å². The molecule has 6 aromatic rings. The lowest BCUT2D eigenvalue weighted by Crippen LogP contribution is -2.07. The number of nitriles is 1. The van der Waals surface area contributed by atoms with Gasteiger partial charge < -0.3 is 4.90 Å². The lowest BCUT2D eigenvalue weighted by atomic mass is 9.86. The van der Waals surface area contributed by atoms with Crippen molar-refractivity contribution in [3.63, 3.8) is 0 Å². The number of nitrogens with zero attached hydrogens (tertiary/aromatic N) is 2. The molecule has 0 radical (unpaired) electrons. The highest BCUT2D eigenvalue weighted by Crippen LogP contribution is 2.43. The Labute approximate surface area is 180 Å². The van der Waals surface area contributed by atoms with E-state index in [1.54, 1.807) is 0 Å². The van der Waals surface area contributed by atoms with E-state index in [2.05, 4.69) is 104 Å². The molecule has 0 unspecified atom stereocenters. The van der Waals surface area contributed by atoms with E-state index in [9.17, 15) is 5.26 Å². The Morgan fingerprint density at radius 1 is 0.581 bits per heavy atom. The highest BCUT2D eigenvalue weighted by atomic mass is 15.1. The quantitative estimate of drug-likeness (QED) is 0.226. The van der Waals surface area contributed by atoms with E-state index < -0.39 is 0 Å². The van der Waals surface area contributed by atoms with Gasteiger partial charge >= 0.3 is 0 Å². The van der Waals surface area contributed by atoms with Gasteiger partial charge in [0.15, 0.2) is 0 Å². The summed E-state index contributed by atoms with van der Waals surface area (Å²) in [6.07, 6.45) is 0. The molecular weight excluding hydrogens is 376 g/mol. The molecule has 0 saturated heterocycles. The SMILES string of the molecule is CN(C)c1ccc(-c2ccc3c4cccc5c(C#N)ccc(c6cccc2c63)c54)cc1. The Balaban J connectivity index is 1.75. The Hall–Kier alpha value is -4.09. The average molecular weight is 396 g/mol. The molecule has 0 aromatic heterocycles. The molecule has 6 rings (SSSR count). The minimum atomic E-state index is 0.730. The summed E-state index contributed by atoms with van der Waals surface area (Å²) in [5.41, 5.74) is 4.39. The summed E-state index contributed by atoms with van der Waals surface area (Å²) in [4.78, 5) is 2.12. The standard InChI is InChI=1S/C29H20N2/c1-31(2)20-12-9-18(10-13-20)21-15-16-27-24-7-3-5-22-19(17-30)11-14-26(28(22)24)25-8-4-6-23(21)29(25)27/h3-16H,1-2H3. The van der Waals surface area contributed by atoms with Crippen LogP contribution in [0.4, 0.5) is 5.69 Å². The first kappa shape index (κ1) is 17.7. The predicted molar refractivity (Wildman–Crippen MR) is 132 cm³/mol. The maximum absolute atomic E-state index is 9.62. The van der Waals surface area contributed by atoms with Crippen molar-refractivity contribution in [2.45, 2.75) is 0 Å². The molecule has 31 heavy (non-hydrogen) atoms. The summed E-state index contributed by atoms with van der Waals surface area (Å²) in [5.74, 6) is 0. The van der Waals surface area contributed by atoms with Crippen LogP contribution in [0.25, 0.3) is 54.2 Å². The van der Waals surface area contributed by atoms with Gasteiger partial charge in [-0.15, -0.1) is 0 Å². The molecule has 0 bridgehead atoms. The van der Waals surface area contributed by atoms with E-state index in [1.165, 1.54) is 54.5 Å². The number of fused-ring (bicyclic) bond motifs is 2. The third-order valence-electron chi connectivity index (χ3n) is 6.48. The minimum Gasteiger partial charge on any atom is -0.378 e. The largest absolute Gasteiger partial charge is 0.378 e. The lowest BCUT2D eigenvalue weighted by molar-refractivity contribution is 1.13. The van der Waals surface area contributed by atoms with Crippen molar-refractivity contribution >= 4 is 48.8 Å². The molecule has 0 fully saturated rings. The molecule has 146 valence electrons. The van der Waals surface area contributed by atoms with E-state index in [0.717, 1.165) is 10.9 Å². The van der Waals surface area contributed by atoms with Gasteiger partial charge in [0.1, 0.15) is 0 Å². The molecule has 2 nitrogen and oxygen atoms in total. The number of hydrogen-bond donors (Lipinski definition) is 0. The van der Waals surface area contributed by atoms with Gasteiger partial charge in [-0.1, -0.05) is 66.7 Å². The van der Waals surface area contributed by atoms with Crippen LogP contribution >= 0.6 is 0 Å². The highest BCUT2D eigenvalue weighted by Gasteiger charge is 2.16. The zero-order valence-electron chi connectivity index (χ0n) is 17.5. The molecule has 0 heterocycles. The van der Waals surface area contributed by atoms with E-state index in [-0.39, 0.29) is 0 Å². The van der Waals surface area contributed by atoms with Crippen molar-refractivity contribution in [3.8, 4) is 17.2 Å². The fourth-order valence-corrected chi connectivity index (χ4v) is 5.00. The average Bonchev–Trinajstić information content (AvgIpc) is 2.82. The molecular formula is C29H20N2. The summed E-state index contributed by atoms with van der Waals surface area (Å²) in [6.45, 7) is 0. The zero-order chi connectivity index (χ0) is 21.1. The normalized spacial score (nSPS) is 11.5. The molecule has 6 aromatic carbocycles. The van der Waals surface area contributed by atoms with Crippen LogP contribution in [0.15, 0.2) is 84.9 Å². The fraction of sp³-hybridized carbons (Fsp3) is 0.0690. The lowest BCUT2D eigenvalue weighted by Gasteiger charge is -2.17. The molecule has 0 atom stereocenters. The van der Waals surface area contributed by atoms with Crippen LogP contribution in [0.2, 0.25) is 0 Å². The number of hydrogen-bond acceptors (Lipinski definition) is 2. The van der Waals surface area contributed by atoms with E-state index in [4.69, 9.17) is 0 Å². The molecule has 2 heteroatoms. The minimum absolute atomic E-state index is 0.730. The molecule has 0 amide bonds. The third kappa shape index (κ3) is 2.44. The van der Waals surface area contributed by atoms with Crippen molar-refractivity contribution in [1.82, 2.24) is 0 Å². The van der Waals surface area contributed by atoms with Gasteiger partial charge in [0.05, 0.1) is 11.6 Å². The van der Waals surface area contributed by atoms with Crippen molar-refractivity contribution in [1.29, 1.82) is 5.26 Å². The van der Waals surface area contributed by atoms with Crippen LogP contribution in [0.1, 0.15) is 5.56 Å². The van der Waals surface area contributed by atoms with E-state index in [0.29, 0.717) is 0 Å². The van der Waals surface area contributed by atoms with Gasteiger partial charge in [-0.25, -0.2) is 0 Å². The van der Waals surface area contributed by atoms with Gasteiger partial charge in [-0.2, -0.15) is 5.26 Å². The first-order chi connectivity index (χ1) is 15.2. The Bertz CT molecular complexity index is 1630. The second-order valence-electron chi connectivity index (χ2n) is 8.33. The summed E-state index contributed by atoms with van der Waals surface area (Å²) in [5, 5.41) is 19.3. The van der Waals surface area contributed by atoms with Crippen LogP contribution < -0.4 is 4.90 Å². The van der Waals surface area contributed by atoms with Crippen LogP contribution in [0, 0.1) is 11.3 Å². The van der Waals surface area contributed by atoms with Crippen LogP contribution in [0.5, 0.6) is 0 Å². The summed E-state index contributed by atoms with van der Waals surface area (Å²) in [6, 6.07) is 32.6. The van der Waals surface area contributed by atoms with Crippen LogP contribution in [-0.4, -0.2) is 14.1 Å². The van der Waals surface area contributed by atoms with Gasteiger partial charge in [0, 0.05) is 25.2 Å². The first-order valence-corrected chi connectivity index (χ1v) is 10.5. The highest BCUT2D eigenvalue weighted by molar-refractivity contribution is 6.34. The van der Waals surface area contributed by atoms with Gasteiger partial charge in [-0.3, -0.25) is 0 Å². The summed E-state index contributed by atoms with van der Waals surface area (Å²) < 4.78 is 0. The monoisotopic (exact) mass is 396 g/mol. The van der Waals surface area contributed by atoms with Crippen molar-refractivity contribution in [3.05, 3.63) is 90.5 Å². The number of benzene rings is 6. The molecule has 0 saturated carbocycles. The van der Waals surface area contributed by atoms with Gasteiger partial charge in [0.25, 0.3) is 0 Å². The summed E-state index contributed by atoms with van der Waals surface area (Å²) >= 11 is 0. The number of rotatable bonds is 2. The van der Waals surface area contributed by atoms with Crippen LogP contribution in [-0.2, 0) is 0 Å². The van der Waals surface area contributed by atoms with Crippen molar-refractivity contribution in [2.24, 2.45) is 0 Å². The maximum atomic E-state index is 9.62. The van der Waals surface area contributed by atoms with E-state index in [1.807, 2.05) is 6.07 Å². The second kappa shape index (κ2) is 6.45. The second-order valence-corrected chi connectivity index (χ2v) is 8.33. The molecule has 0 aliphatic carbocycles. The molecule has 0 N–H and O–H groups in total. The summed E-state index contributed by atoms with van der Waals surface area (Å²) in [7, 11) is 4.13. The smallest absolute Gasteiger partial charge is 0.0998 e. The fourth-order valence-electron chi connectivity index (χ4n) is 5.00. The molecule has 0 aliphatic heterocycles. The first-order valence-electron chi connectivity index (χ1n) is 10.5.